The summed E-state index contributed by atoms with van der Waals surface area (Å²) >= 11 is 5.71. The summed E-state index contributed by atoms with van der Waals surface area (Å²) < 4.78 is 0. The molecule has 0 aliphatic carbocycles. The fourth-order valence-electron chi connectivity index (χ4n) is 1.38. The Hall–Kier alpha value is -1.39. The van der Waals surface area contributed by atoms with Gasteiger partial charge in [0, 0.05) is 11.4 Å². The van der Waals surface area contributed by atoms with Crippen LogP contribution in [0, 0.1) is 0 Å². The first kappa shape index (κ1) is 12.7. The lowest BCUT2D eigenvalue weighted by molar-refractivity contribution is -0.147. The van der Waals surface area contributed by atoms with E-state index in [1.165, 1.54) is 13.0 Å². The first-order valence-corrected chi connectivity index (χ1v) is 4.98. The molecule has 1 unspecified atom stereocenters. The standard InChI is InChI=1S/C11H11ClO4/c1-6(13)4-7-2-3-8(12)5-9(7)10(14)11(15)16/h2-3,5,10,14H,4H2,1H3,(H,15,16). The van der Waals surface area contributed by atoms with Gasteiger partial charge in [-0.2, -0.15) is 0 Å². The third-order valence-corrected chi connectivity index (χ3v) is 2.31. The van der Waals surface area contributed by atoms with Crippen LogP contribution in [0.4, 0.5) is 0 Å². The molecule has 0 fully saturated rings. The van der Waals surface area contributed by atoms with Crippen LogP contribution >= 0.6 is 11.6 Å². The predicted molar refractivity (Wildman–Crippen MR) is 58.4 cm³/mol. The monoisotopic (exact) mass is 242 g/mol. The van der Waals surface area contributed by atoms with Gasteiger partial charge >= 0.3 is 5.97 Å². The Kier molecular flexibility index (Phi) is 4.04. The van der Waals surface area contributed by atoms with E-state index < -0.39 is 12.1 Å². The molecule has 1 aromatic rings. The van der Waals surface area contributed by atoms with Crippen molar-refractivity contribution in [2.24, 2.45) is 0 Å². The van der Waals surface area contributed by atoms with Crippen LogP contribution in [-0.2, 0) is 16.0 Å². The van der Waals surface area contributed by atoms with Crippen molar-refractivity contribution >= 4 is 23.4 Å². The molecule has 0 heterocycles. The second-order valence-electron chi connectivity index (χ2n) is 3.46. The molecular weight excluding hydrogens is 232 g/mol. The van der Waals surface area contributed by atoms with E-state index in [2.05, 4.69) is 0 Å². The Morgan fingerprint density at radius 1 is 1.44 bits per heavy atom. The van der Waals surface area contributed by atoms with Crippen molar-refractivity contribution in [2.45, 2.75) is 19.4 Å². The van der Waals surface area contributed by atoms with Crippen molar-refractivity contribution in [2.75, 3.05) is 0 Å². The van der Waals surface area contributed by atoms with Gasteiger partial charge in [0.2, 0.25) is 0 Å². The second kappa shape index (κ2) is 5.09. The average Bonchev–Trinajstić information content (AvgIpc) is 2.18. The molecule has 0 aliphatic rings. The SMILES string of the molecule is CC(=O)Cc1ccc(Cl)cc1C(O)C(=O)O. The molecule has 1 rings (SSSR count). The minimum Gasteiger partial charge on any atom is -0.479 e. The highest BCUT2D eigenvalue weighted by atomic mass is 35.5. The van der Waals surface area contributed by atoms with Gasteiger partial charge in [-0.1, -0.05) is 17.7 Å². The van der Waals surface area contributed by atoms with Crippen LogP contribution in [0.3, 0.4) is 0 Å². The summed E-state index contributed by atoms with van der Waals surface area (Å²) in [4.78, 5) is 21.7. The second-order valence-corrected chi connectivity index (χ2v) is 3.90. The van der Waals surface area contributed by atoms with Crippen LogP contribution in [0.15, 0.2) is 18.2 Å². The van der Waals surface area contributed by atoms with Crippen molar-refractivity contribution in [3.63, 3.8) is 0 Å². The number of Topliss-reactive ketones (excluding diaryl/α,β-unsaturated/α-hetero) is 1. The number of halogens is 1. The highest BCUT2D eigenvalue weighted by Gasteiger charge is 2.20. The van der Waals surface area contributed by atoms with Gasteiger partial charge in [-0.3, -0.25) is 4.79 Å². The maximum absolute atomic E-state index is 11.0. The zero-order chi connectivity index (χ0) is 12.3. The zero-order valence-corrected chi connectivity index (χ0v) is 9.36. The van der Waals surface area contributed by atoms with E-state index in [1.54, 1.807) is 12.1 Å². The molecule has 0 saturated heterocycles. The van der Waals surface area contributed by atoms with Crippen LogP contribution in [0.2, 0.25) is 5.02 Å². The van der Waals surface area contributed by atoms with Gasteiger partial charge in [-0.15, -0.1) is 0 Å². The van der Waals surface area contributed by atoms with Gasteiger partial charge in [0.25, 0.3) is 0 Å². The highest BCUT2D eigenvalue weighted by Crippen LogP contribution is 2.23. The van der Waals surface area contributed by atoms with E-state index in [0.29, 0.717) is 10.6 Å². The van der Waals surface area contributed by atoms with Crippen molar-refractivity contribution in [3.8, 4) is 0 Å². The summed E-state index contributed by atoms with van der Waals surface area (Å²) in [5.74, 6) is -1.48. The molecule has 0 spiro atoms. The number of hydrogen-bond acceptors (Lipinski definition) is 3. The Morgan fingerprint density at radius 3 is 2.56 bits per heavy atom. The van der Waals surface area contributed by atoms with Gasteiger partial charge in [0.1, 0.15) is 5.78 Å². The smallest absolute Gasteiger partial charge is 0.337 e. The summed E-state index contributed by atoms with van der Waals surface area (Å²) in [5.41, 5.74) is 0.641. The van der Waals surface area contributed by atoms with Gasteiger partial charge in [-0.05, 0) is 30.2 Å². The Bertz CT molecular complexity index is 428. The van der Waals surface area contributed by atoms with Crippen LogP contribution in [0.1, 0.15) is 24.2 Å². The summed E-state index contributed by atoms with van der Waals surface area (Å²) in [5, 5.41) is 18.5. The topological polar surface area (TPSA) is 74.6 Å². The van der Waals surface area contributed by atoms with Crippen molar-refractivity contribution in [1.82, 2.24) is 0 Å². The number of benzene rings is 1. The van der Waals surface area contributed by atoms with E-state index in [4.69, 9.17) is 16.7 Å². The van der Waals surface area contributed by atoms with Crippen LogP contribution in [0.25, 0.3) is 0 Å². The van der Waals surface area contributed by atoms with E-state index in [-0.39, 0.29) is 17.8 Å². The molecule has 2 N–H and O–H groups in total. The molecular formula is C11H11ClO4. The Balaban J connectivity index is 3.17. The minimum absolute atomic E-state index is 0.0802. The number of carboxylic acid groups (broad SMARTS) is 1. The molecule has 0 aliphatic heterocycles. The van der Waals surface area contributed by atoms with Crippen LogP contribution in [0.5, 0.6) is 0 Å². The van der Waals surface area contributed by atoms with Crippen molar-refractivity contribution in [3.05, 3.63) is 34.3 Å². The minimum atomic E-state index is -1.66. The molecule has 0 amide bonds. The lowest BCUT2D eigenvalue weighted by Crippen LogP contribution is -2.14. The predicted octanol–water partition coefficient (Wildman–Crippen LogP) is 1.59. The zero-order valence-electron chi connectivity index (χ0n) is 8.61. The van der Waals surface area contributed by atoms with Gasteiger partial charge in [0.05, 0.1) is 0 Å². The number of aliphatic carboxylic acids is 1. The molecule has 16 heavy (non-hydrogen) atoms. The number of carboxylic acids is 1. The fraction of sp³-hybridized carbons (Fsp3) is 0.273. The highest BCUT2D eigenvalue weighted by molar-refractivity contribution is 6.30. The number of aliphatic hydroxyl groups excluding tert-OH is 1. The molecule has 0 aromatic heterocycles. The number of carbonyl (C=O) groups excluding carboxylic acids is 1. The van der Waals surface area contributed by atoms with Crippen molar-refractivity contribution < 1.29 is 19.8 Å². The molecule has 86 valence electrons. The van der Waals surface area contributed by atoms with E-state index in [0.717, 1.165) is 0 Å². The fourth-order valence-corrected chi connectivity index (χ4v) is 1.56. The Morgan fingerprint density at radius 2 is 2.06 bits per heavy atom. The maximum Gasteiger partial charge on any atom is 0.337 e. The van der Waals surface area contributed by atoms with E-state index in [1.807, 2.05) is 0 Å². The number of hydrogen-bond donors (Lipinski definition) is 2. The first-order chi connectivity index (χ1) is 7.41. The average molecular weight is 243 g/mol. The number of rotatable bonds is 4. The number of aliphatic hydroxyl groups is 1. The lowest BCUT2D eigenvalue weighted by atomic mass is 9.98. The Labute approximate surface area is 97.5 Å². The summed E-state index contributed by atoms with van der Waals surface area (Å²) in [7, 11) is 0. The van der Waals surface area contributed by atoms with Crippen molar-refractivity contribution in [1.29, 1.82) is 0 Å². The molecule has 1 aromatic carbocycles. The van der Waals surface area contributed by atoms with Crippen LogP contribution < -0.4 is 0 Å². The van der Waals surface area contributed by atoms with Crippen LogP contribution in [-0.4, -0.2) is 22.0 Å². The number of carbonyl (C=O) groups is 2. The normalized spacial score (nSPS) is 12.2. The van der Waals surface area contributed by atoms with Gasteiger partial charge in [-0.25, -0.2) is 4.79 Å². The molecule has 4 nitrogen and oxygen atoms in total. The largest absolute Gasteiger partial charge is 0.479 e. The molecule has 5 heteroatoms. The van der Waals surface area contributed by atoms with E-state index >= 15 is 0 Å². The molecule has 0 bridgehead atoms. The summed E-state index contributed by atoms with van der Waals surface area (Å²) in [6.45, 7) is 1.39. The quantitative estimate of drug-likeness (QED) is 0.841. The third-order valence-electron chi connectivity index (χ3n) is 2.08. The third kappa shape index (κ3) is 3.05. The van der Waals surface area contributed by atoms with Gasteiger partial charge in [0.15, 0.2) is 6.10 Å². The molecule has 1 atom stereocenters. The maximum atomic E-state index is 11.0. The summed E-state index contributed by atoms with van der Waals surface area (Å²) in [6.07, 6.45) is -1.58. The lowest BCUT2D eigenvalue weighted by Gasteiger charge is -2.11. The summed E-state index contributed by atoms with van der Waals surface area (Å²) in [6, 6.07) is 4.46. The molecule has 0 saturated carbocycles. The number of ketones is 1. The van der Waals surface area contributed by atoms with Gasteiger partial charge < -0.3 is 10.2 Å². The molecule has 0 radical (unpaired) electrons. The van der Waals surface area contributed by atoms with E-state index in [9.17, 15) is 14.7 Å². The first-order valence-electron chi connectivity index (χ1n) is 4.60.